The number of amides is 1. The maximum absolute atomic E-state index is 11.6. The molecular weight excluding hydrogens is 220 g/mol. The lowest BCUT2D eigenvalue weighted by molar-refractivity contribution is -0.146. The molecule has 0 fully saturated rings. The summed E-state index contributed by atoms with van der Waals surface area (Å²) in [5, 5.41) is 5.71. The molecule has 2 atom stereocenters. The molecule has 0 aromatic rings. The van der Waals surface area contributed by atoms with Gasteiger partial charge in [-0.05, 0) is 25.9 Å². The minimum atomic E-state index is -0.535. The first-order chi connectivity index (χ1) is 8.06. The zero-order chi connectivity index (χ0) is 13.3. The maximum Gasteiger partial charge on any atom is 0.328 e. The highest BCUT2D eigenvalue weighted by Gasteiger charge is 2.26. The Hall–Kier alpha value is -1.10. The second-order valence-electron chi connectivity index (χ2n) is 4.16. The Morgan fingerprint density at radius 3 is 2.47 bits per heavy atom. The summed E-state index contributed by atoms with van der Waals surface area (Å²) in [6.45, 7) is 4.70. The van der Waals surface area contributed by atoms with E-state index < -0.39 is 6.04 Å². The van der Waals surface area contributed by atoms with Gasteiger partial charge in [0.15, 0.2) is 0 Å². The molecule has 0 aliphatic heterocycles. The average molecular weight is 244 g/mol. The fraction of sp³-hybridized carbons (Fsp3) is 0.833. The summed E-state index contributed by atoms with van der Waals surface area (Å²) in [6, 6.07) is -0.535. The van der Waals surface area contributed by atoms with Gasteiger partial charge in [-0.1, -0.05) is 20.3 Å². The molecule has 0 spiro atoms. The smallest absolute Gasteiger partial charge is 0.328 e. The Labute approximate surface area is 103 Å². The van der Waals surface area contributed by atoms with Crippen molar-refractivity contribution in [2.75, 3.05) is 20.7 Å². The van der Waals surface area contributed by atoms with E-state index in [9.17, 15) is 9.59 Å². The van der Waals surface area contributed by atoms with Crippen molar-refractivity contribution in [3.63, 3.8) is 0 Å². The van der Waals surface area contributed by atoms with Gasteiger partial charge in [-0.2, -0.15) is 0 Å². The van der Waals surface area contributed by atoms with Gasteiger partial charge in [0.25, 0.3) is 0 Å². The number of esters is 1. The first kappa shape index (κ1) is 15.9. The van der Waals surface area contributed by atoms with Crippen molar-refractivity contribution in [1.29, 1.82) is 0 Å². The second kappa shape index (κ2) is 8.98. The standard InChI is InChI=1S/C12H24N2O3/c1-5-9(2)11(12(16)17-4)14-10(15)7-6-8-13-3/h9,11,13H,5-8H2,1-4H3,(H,14,15). The normalized spacial score (nSPS) is 13.9. The largest absolute Gasteiger partial charge is 0.467 e. The Balaban J connectivity index is 4.23. The number of rotatable bonds is 8. The number of carbonyl (C=O) groups excluding carboxylic acids is 2. The quantitative estimate of drug-likeness (QED) is 0.487. The van der Waals surface area contributed by atoms with E-state index in [1.165, 1.54) is 7.11 Å². The summed E-state index contributed by atoms with van der Waals surface area (Å²) in [5.41, 5.74) is 0. The van der Waals surface area contributed by atoms with Gasteiger partial charge < -0.3 is 15.4 Å². The van der Waals surface area contributed by atoms with Gasteiger partial charge in [-0.15, -0.1) is 0 Å². The first-order valence-electron chi connectivity index (χ1n) is 6.08. The van der Waals surface area contributed by atoms with Crippen LogP contribution >= 0.6 is 0 Å². The summed E-state index contributed by atoms with van der Waals surface area (Å²) in [4.78, 5) is 23.2. The monoisotopic (exact) mass is 244 g/mol. The number of hydrogen-bond donors (Lipinski definition) is 2. The molecule has 5 nitrogen and oxygen atoms in total. The molecule has 0 saturated carbocycles. The van der Waals surface area contributed by atoms with Crippen LogP contribution in [0.2, 0.25) is 0 Å². The van der Waals surface area contributed by atoms with E-state index in [0.717, 1.165) is 19.4 Å². The molecule has 0 bridgehead atoms. The van der Waals surface area contributed by atoms with E-state index in [0.29, 0.717) is 6.42 Å². The molecule has 0 aromatic carbocycles. The zero-order valence-electron chi connectivity index (χ0n) is 11.2. The third-order valence-electron chi connectivity index (χ3n) is 2.82. The molecule has 2 unspecified atom stereocenters. The molecule has 0 aromatic heterocycles. The van der Waals surface area contributed by atoms with Crippen LogP contribution < -0.4 is 10.6 Å². The summed E-state index contributed by atoms with van der Waals surface area (Å²) in [6.07, 6.45) is 2.00. The van der Waals surface area contributed by atoms with Crippen LogP contribution in [0.3, 0.4) is 0 Å². The predicted molar refractivity (Wildman–Crippen MR) is 66.6 cm³/mol. The molecule has 0 radical (unpaired) electrons. The summed E-state index contributed by atoms with van der Waals surface area (Å²) in [5.74, 6) is -0.395. The number of hydrogen-bond acceptors (Lipinski definition) is 4. The lowest BCUT2D eigenvalue weighted by Gasteiger charge is -2.21. The fourth-order valence-electron chi connectivity index (χ4n) is 1.47. The highest BCUT2D eigenvalue weighted by Crippen LogP contribution is 2.09. The molecule has 1 amide bonds. The van der Waals surface area contributed by atoms with E-state index in [1.54, 1.807) is 0 Å². The van der Waals surface area contributed by atoms with Crippen molar-refractivity contribution >= 4 is 11.9 Å². The van der Waals surface area contributed by atoms with Crippen LogP contribution in [0.1, 0.15) is 33.1 Å². The van der Waals surface area contributed by atoms with Gasteiger partial charge in [0.2, 0.25) is 5.91 Å². The third kappa shape index (κ3) is 6.26. The highest BCUT2D eigenvalue weighted by atomic mass is 16.5. The van der Waals surface area contributed by atoms with Crippen molar-refractivity contribution in [3.8, 4) is 0 Å². The fourth-order valence-corrected chi connectivity index (χ4v) is 1.47. The average Bonchev–Trinajstić information content (AvgIpc) is 2.34. The van der Waals surface area contributed by atoms with Gasteiger partial charge in [0.05, 0.1) is 7.11 Å². The van der Waals surface area contributed by atoms with Crippen LogP contribution in [0, 0.1) is 5.92 Å². The number of ether oxygens (including phenoxy) is 1. The van der Waals surface area contributed by atoms with Crippen molar-refractivity contribution in [1.82, 2.24) is 10.6 Å². The molecule has 0 heterocycles. The van der Waals surface area contributed by atoms with Crippen LogP contribution in [0.15, 0.2) is 0 Å². The molecule has 0 aliphatic carbocycles. The summed E-state index contributed by atoms with van der Waals surface area (Å²) >= 11 is 0. The SMILES string of the molecule is CCC(C)C(NC(=O)CCCNC)C(=O)OC. The van der Waals surface area contributed by atoms with E-state index in [-0.39, 0.29) is 17.8 Å². The van der Waals surface area contributed by atoms with Gasteiger partial charge in [-0.25, -0.2) is 4.79 Å². The Morgan fingerprint density at radius 2 is 2.00 bits per heavy atom. The van der Waals surface area contributed by atoms with Crippen molar-refractivity contribution in [3.05, 3.63) is 0 Å². The molecule has 0 aliphatic rings. The van der Waals surface area contributed by atoms with Crippen LogP contribution in [-0.4, -0.2) is 38.6 Å². The van der Waals surface area contributed by atoms with Crippen LogP contribution in [-0.2, 0) is 14.3 Å². The lowest BCUT2D eigenvalue weighted by atomic mass is 9.99. The number of methoxy groups -OCH3 is 1. The first-order valence-corrected chi connectivity index (χ1v) is 6.08. The van der Waals surface area contributed by atoms with Crippen molar-refractivity contribution in [2.24, 2.45) is 5.92 Å². The van der Waals surface area contributed by atoms with E-state index in [1.807, 2.05) is 20.9 Å². The zero-order valence-corrected chi connectivity index (χ0v) is 11.2. The van der Waals surface area contributed by atoms with Gasteiger partial charge >= 0.3 is 5.97 Å². The van der Waals surface area contributed by atoms with E-state index >= 15 is 0 Å². The Bertz CT molecular complexity index is 244. The number of carbonyl (C=O) groups is 2. The van der Waals surface area contributed by atoms with Gasteiger partial charge in [0, 0.05) is 6.42 Å². The van der Waals surface area contributed by atoms with Crippen molar-refractivity contribution < 1.29 is 14.3 Å². The van der Waals surface area contributed by atoms with Crippen LogP contribution in [0.4, 0.5) is 0 Å². The minimum Gasteiger partial charge on any atom is -0.467 e. The molecule has 5 heteroatoms. The molecule has 17 heavy (non-hydrogen) atoms. The Morgan fingerprint density at radius 1 is 1.35 bits per heavy atom. The molecule has 0 rings (SSSR count). The topological polar surface area (TPSA) is 67.4 Å². The molecule has 100 valence electrons. The predicted octanol–water partition coefficient (Wildman–Crippen LogP) is 0.690. The summed E-state index contributed by atoms with van der Waals surface area (Å²) in [7, 11) is 3.18. The van der Waals surface area contributed by atoms with Crippen molar-refractivity contribution in [2.45, 2.75) is 39.2 Å². The second-order valence-corrected chi connectivity index (χ2v) is 4.16. The highest BCUT2D eigenvalue weighted by molar-refractivity contribution is 5.84. The van der Waals surface area contributed by atoms with Gasteiger partial charge in [0.1, 0.15) is 6.04 Å². The third-order valence-corrected chi connectivity index (χ3v) is 2.82. The van der Waals surface area contributed by atoms with Gasteiger partial charge in [-0.3, -0.25) is 4.79 Å². The van der Waals surface area contributed by atoms with Crippen LogP contribution in [0.5, 0.6) is 0 Å². The van der Waals surface area contributed by atoms with E-state index in [2.05, 4.69) is 10.6 Å². The minimum absolute atomic E-state index is 0.0794. The molecular formula is C12H24N2O3. The Kier molecular flexibility index (Phi) is 8.40. The molecule has 2 N–H and O–H groups in total. The molecule has 0 saturated heterocycles. The summed E-state index contributed by atoms with van der Waals surface area (Å²) < 4.78 is 4.70. The van der Waals surface area contributed by atoms with E-state index in [4.69, 9.17) is 4.74 Å². The lowest BCUT2D eigenvalue weighted by Crippen LogP contribution is -2.45. The van der Waals surface area contributed by atoms with Crippen LogP contribution in [0.25, 0.3) is 0 Å². The number of nitrogens with one attached hydrogen (secondary N) is 2. The maximum atomic E-state index is 11.6.